The number of rotatable bonds is 8. The van der Waals surface area contributed by atoms with Gasteiger partial charge in [0.1, 0.15) is 5.56 Å². The smallest absolute Gasteiger partial charge is 0.282 e. The van der Waals surface area contributed by atoms with Gasteiger partial charge in [0.25, 0.3) is 11.6 Å². The van der Waals surface area contributed by atoms with Gasteiger partial charge in [0.05, 0.1) is 18.1 Å². The van der Waals surface area contributed by atoms with Crippen molar-refractivity contribution in [1.82, 2.24) is 4.90 Å². The van der Waals surface area contributed by atoms with Crippen LogP contribution in [0.1, 0.15) is 10.4 Å². The average molecular weight is 317 g/mol. The molecule has 116 valence electrons. The monoisotopic (exact) mass is 316 g/mol. The molecule has 0 heterocycles. The summed E-state index contributed by atoms with van der Waals surface area (Å²) >= 11 is 5.84. The molecular formula is C13H17ClN2O5. The predicted octanol–water partition coefficient (Wildman–Crippen LogP) is 1.98. The molecule has 0 aliphatic carbocycles. The van der Waals surface area contributed by atoms with Crippen LogP contribution in [0.25, 0.3) is 0 Å². The summed E-state index contributed by atoms with van der Waals surface area (Å²) in [6.07, 6.45) is 0. The molecule has 0 aliphatic heterocycles. The third-order valence-electron chi connectivity index (χ3n) is 2.80. The van der Waals surface area contributed by atoms with Crippen molar-refractivity contribution in [2.45, 2.75) is 0 Å². The first-order valence-corrected chi connectivity index (χ1v) is 6.60. The van der Waals surface area contributed by atoms with Crippen LogP contribution in [0.15, 0.2) is 18.2 Å². The normalized spacial score (nSPS) is 10.4. The van der Waals surface area contributed by atoms with E-state index < -0.39 is 10.8 Å². The lowest BCUT2D eigenvalue weighted by Gasteiger charge is -2.22. The van der Waals surface area contributed by atoms with Gasteiger partial charge < -0.3 is 14.4 Å². The van der Waals surface area contributed by atoms with Crippen LogP contribution in [0, 0.1) is 10.1 Å². The maximum atomic E-state index is 12.5. The van der Waals surface area contributed by atoms with E-state index >= 15 is 0 Å². The number of nitro groups is 1. The van der Waals surface area contributed by atoms with Gasteiger partial charge in [0.15, 0.2) is 0 Å². The first-order valence-electron chi connectivity index (χ1n) is 6.22. The Hall–Kier alpha value is -1.70. The topological polar surface area (TPSA) is 81.9 Å². The Morgan fingerprint density at radius 2 is 1.86 bits per heavy atom. The molecule has 0 bridgehead atoms. The number of amides is 1. The molecule has 0 aromatic heterocycles. The Bertz CT molecular complexity index is 501. The summed E-state index contributed by atoms with van der Waals surface area (Å²) in [5.74, 6) is -0.474. The SMILES string of the molecule is COCCN(CCOC)C(=O)c1cc(Cl)ccc1[N+](=O)[O-]. The summed E-state index contributed by atoms with van der Waals surface area (Å²) in [6, 6.07) is 3.90. The molecule has 1 aromatic carbocycles. The van der Waals surface area contributed by atoms with E-state index in [4.69, 9.17) is 21.1 Å². The zero-order valence-corrected chi connectivity index (χ0v) is 12.6. The lowest BCUT2D eigenvalue weighted by molar-refractivity contribution is -0.385. The van der Waals surface area contributed by atoms with Gasteiger partial charge >= 0.3 is 0 Å². The van der Waals surface area contributed by atoms with E-state index in [2.05, 4.69) is 0 Å². The Balaban J connectivity index is 3.06. The van der Waals surface area contributed by atoms with Crippen LogP contribution >= 0.6 is 11.6 Å². The van der Waals surface area contributed by atoms with Gasteiger partial charge in [-0.25, -0.2) is 0 Å². The number of carbonyl (C=O) groups excluding carboxylic acids is 1. The lowest BCUT2D eigenvalue weighted by Crippen LogP contribution is -2.36. The van der Waals surface area contributed by atoms with Crippen LogP contribution in [-0.2, 0) is 9.47 Å². The zero-order chi connectivity index (χ0) is 15.8. The number of ether oxygens (including phenoxy) is 2. The number of carbonyl (C=O) groups is 1. The van der Waals surface area contributed by atoms with Gasteiger partial charge in [0, 0.05) is 38.4 Å². The Morgan fingerprint density at radius 3 is 2.33 bits per heavy atom. The zero-order valence-electron chi connectivity index (χ0n) is 11.9. The second kappa shape index (κ2) is 8.56. The number of hydrogen-bond donors (Lipinski definition) is 0. The van der Waals surface area contributed by atoms with Crippen molar-refractivity contribution in [2.24, 2.45) is 0 Å². The second-order valence-corrected chi connectivity index (χ2v) is 4.63. The average Bonchev–Trinajstić information content (AvgIpc) is 2.46. The quantitative estimate of drug-likeness (QED) is 0.541. The number of halogens is 1. The maximum Gasteiger partial charge on any atom is 0.282 e. The van der Waals surface area contributed by atoms with E-state index in [1.54, 1.807) is 0 Å². The van der Waals surface area contributed by atoms with Crippen LogP contribution < -0.4 is 0 Å². The van der Waals surface area contributed by atoms with E-state index in [0.717, 1.165) is 0 Å². The summed E-state index contributed by atoms with van der Waals surface area (Å²) < 4.78 is 9.89. The second-order valence-electron chi connectivity index (χ2n) is 4.20. The van der Waals surface area contributed by atoms with Gasteiger partial charge in [-0.2, -0.15) is 0 Å². The standard InChI is InChI=1S/C13H17ClN2O5/c1-20-7-5-15(6-8-21-2)13(17)11-9-10(14)3-4-12(11)16(18)19/h3-4,9H,5-8H2,1-2H3. The highest BCUT2D eigenvalue weighted by atomic mass is 35.5. The molecule has 0 radical (unpaired) electrons. The molecule has 8 heteroatoms. The summed E-state index contributed by atoms with van der Waals surface area (Å²) in [5, 5.41) is 11.3. The van der Waals surface area contributed by atoms with E-state index in [9.17, 15) is 14.9 Å². The van der Waals surface area contributed by atoms with Crippen molar-refractivity contribution >= 4 is 23.2 Å². The van der Waals surface area contributed by atoms with Crippen molar-refractivity contribution in [3.05, 3.63) is 38.9 Å². The van der Waals surface area contributed by atoms with E-state index in [0.29, 0.717) is 26.3 Å². The number of nitrogens with zero attached hydrogens (tertiary/aromatic N) is 2. The van der Waals surface area contributed by atoms with Crippen LogP contribution in [0.2, 0.25) is 5.02 Å². The lowest BCUT2D eigenvalue weighted by atomic mass is 10.1. The molecule has 0 spiro atoms. The molecule has 0 unspecified atom stereocenters. The molecule has 0 N–H and O–H groups in total. The number of hydrogen-bond acceptors (Lipinski definition) is 5. The van der Waals surface area contributed by atoms with Gasteiger partial charge in [-0.3, -0.25) is 14.9 Å². The fourth-order valence-electron chi connectivity index (χ4n) is 1.73. The third kappa shape index (κ3) is 4.96. The summed E-state index contributed by atoms with van der Waals surface area (Å²) in [7, 11) is 3.03. The number of methoxy groups -OCH3 is 2. The Kier molecular flexibility index (Phi) is 7.07. The molecule has 7 nitrogen and oxygen atoms in total. The molecule has 0 fully saturated rings. The highest BCUT2D eigenvalue weighted by molar-refractivity contribution is 6.31. The highest BCUT2D eigenvalue weighted by Crippen LogP contribution is 2.24. The number of benzene rings is 1. The van der Waals surface area contributed by atoms with Gasteiger partial charge in [0.2, 0.25) is 0 Å². The van der Waals surface area contributed by atoms with Gasteiger partial charge in [-0.05, 0) is 12.1 Å². The van der Waals surface area contributed by atoms with Crippen molar-refractivity contribution in [3.63, 3.8) is 0 Å². The Morgan fingerprint density at radius 1 is 1.29 bits per heavy atom. The van der Waals surface area contributed by atoms with E-state index in [1.165, 1.54) is 37.3 Å². The van der Waals surface area contributed by atoms with Crippen molar-refractivity contribution in [2.75, 3.05) is 40.5 Å². The molecule has 0 atom stereocenters. The largest absolute Gasteiger partial charge is 0.383 e. The van der Waals surface area contributed by atoms with Gasteiger partial charge in [-0.15, -0.1) is 0 Å². The third-order valence-corrected chi connectivity index (χ3v) is 3.04. The minimum Gasteiger partial charge on any atom is -0.383 e. The fourth-order valence-corrected chi connectivity index (χ4v) is 1.90. The molecule has 1 rings (SSSR count). The first kappa shape index (κ1) is 17.4. The summed E-state index contributed by atoms with van der Waals surface area (Å²) in [4.78, 5) is 24.3. The van der Waals surface area contributed by atoms with Crippen LogP contribution in [0.3, 0.4) is 0 Å². The van der Waals surface area contributed by atoms with Gasteiger partial charge in [-0.1, -0.05) is 11.6 Å². The molecule has 1 amide bonds. The van der Waals surface area contributed by atoms with E-state index in [1.807, 2.05) is 0 Å². The summed E-state index contributed by atoms with van der Waals surface area (Å²) in [6.45, 7) is 1.26. The molecule has 0 aliphatic rings. The van der Waals surface area contributed by atoms with E-state index in [-0.39, 0.29) is 16.3 Å². The Labute approximate surface area is 127 Å². The molecule has 0 saturated carbocycles. The minimum atomic E-state index is -0.603. The van der Waals surface area contributed by atoms with Crippen molar-refractivity contribution in [3.8, 4) is 0 Å². The van der Waals surface area contributed by atoms with Crippen LogP contribution in [0.5, 0.6) is 0 Å². The predicted molar refractivity (Wildman–Crippen MR) is 77.8 cm³/mol. The maximum absolute atomic E-state index is 12.5. The van der Waals surface area contributed by atoms with Crippen LogP contribution in [-0.4, -0.2) is 56.3 Å². The highest BCUT2D eigenvalue weighted by Gasteiger charge is 2.24. The summed E-state index contributed by atoms with van der Waals surface area (Å²) in [5.41, 5.74) is -0.316. The molecule has 21 heavy (non-hydrogen) atoms. The fraction of sp³-hybridized carbons (Fsp3) is 0.462. The van der Waals surface area contributed by atoms with Crippen LogP contribution in [0.4, 0.5) is 5.69 Å². The molecular weight excluding hydrogens is 300 g/mol. The number of nitro benzene ring substituents is 1. The molecule has 1 aromatic rings. The minimum absolute atomic E-state index is 0.0419. The van der Waals surface area contributed by atoms with Crippen molar-refractivity contribution < 1.29 is 19.2 Å². The molecule has 0 saturated heterocycles. The first-order chi connectivity index (χ1) is 10.0. The van der Waals surface area contributed by atoms with Crippen molar-refractivity contribution in [1.29, 1.82) is 0 Å².